The Morgan fingerprint density at radius 1 is 1.26 bits per heavy atom. The fourth-order valence-electron chi connectivity index (χ4n) is 2.20. The van der Waals surface area contributed by atoms with Gasteiger partial charge >= 0.3 is 0 Å². The zero-order chi connectivity index (χ0) is 15.8. The molecule has 0 unspecified atom stereocenters. The van der Waals surface area contributed by atoms with Gasteiger partial charge in [0, 0.05) is 17.0 Å². The molecule has 0 fully saturated rings. The molecule has 1 N–H and O–H groups in total. The van der Waals surface area contributed by atoms with Gasteiger partial charge in [0.1, 0.15) is 5.75 Å². The standard InChI is InChI=1S/C17H22N2O2S.ClH/c1-18-11-3-6-17(20)19(13-16-5-4-12-22-16)14-7-9-15(21-2)10-8-14;/h4-5,7-10,12,18H,3,6,11,13H2,1-2H3;1H. The lowest BCUT2D eigenvalue weighted by atomic mass is 10.2. The summed E-state index contributed by atoms with van der Waals surface area (Å²) in [6, 6.07) is 11.7. The highest BCUT2D eigenvalue weighted by molar-refractivity contribution is 7.09. The molecule has 1 amide bonds. The highest BCUT2D eigenvalue weighted by atomic mass is 35.5. The molecule has 0 radical (unpaired) electrons. The largest absolute Gasteiger partial charge is 0.497 e. The molecule has 4 nitrogen and oxygen atoms in total. The summed E-state index contributed by atoms with van der Waals surface area (Å²) in [6.07, 6.45) is 1.38. The number of carbonyl (C=O) groups is 1. The van der Waals surface area contributed by atoms with Crippen molar-refractivity contribution in [1.82, 2.24) is 5.32 Å². The van der Waals surface area contributed by atoms with Gasteiger partial charge in [-0.25, -0.2) is 0 Å². The third-order valence-electron chi connectivity index (χ3n) is 3.40. The first-order chi connectivity index (χ1) is 10.7. The summed E-state index contributed by atoms with van der Waals surface area (Å²) < 4.78 is 5.19. The predicted molar refractivity (Wildman–Crippen MR) is 98.9 cm³/mol. The molecule has 0 saturated carbocycles. The minimum absolute atomic E-state index is 0. The molecule has 0 spiro atoms. The third kappa shape index (κ3) is 5.86. The van der Waals surface area contributed by atoms with E-state index >= 15 is 0 Å². The van der Waals surface area contributed by atoms with E-state index in [4.69, 9.17) is 4.74 Å². The number of methoxy groups -OCH3 is 1. The van der Waals surface area contributed by atoms with Crippen LogP contribution < -0.4 is 15.0 Å². The maximum Gasteiger partial charge on any atom is 0.227 e. The molecule has 1 heterocycles. The van der Waals surface area contributed by atoms with Gasteiger partial charge in [0.05, 0.1) is 13.7 Å². The molecule has 0 bridgehead atoms. The Kier molecular flexibility index (Phi) is 8.69. The Hall–Kier alpha value is -1.56. The molecule has 0 aliphatic rings. The SMILES string of the molecule is CNCCCC(=O)N(Cc1cccs1)c1ccc(OC)cc1.Cl. The zero-order valence-electron chi connectivity index (χ0n) is 13.5. The van der Waals surface area contributed by atoms with E-state index in [0.717, 1.165) is 24.4 Å². The van der Waals surface area contributed by atoms with Crippen molar-refractivity contribution >= 4 is 35.3 Å². The summed E-state index contributed by atoms with van der Waals surface area (Å²) in [5.41, 5.74) is 0.906. The van der Waals surface area contributed by atoms with Crippen molar-refractivity contribution in [3.63, 3.8) is 0 Å². The second-order valence-electron chi connectivity index (χ2n) is 4.96. The molecule has 2 rings (SSSR count). The summed E-state index contributed by atoms with van der Waals surface area (Å²) in [7, 11) is 3.54. The van der Waals surface area contributed by atoms with Crippen molar-refractivity contribution in [3.05, 3.63) is 46.7 Å². The minimum atomic E-state index is 0. The van der Waals surface area contributed by atoms with Crippen LogP contribution >= 0.6 is 23.7 Å². The molecule has 1 aromatic heterocycles. The fourth-order valence-corrected chi connectivity index (χ4v) is 2.89. The lowest BCUT2D eigenvalue weighted by Gasteiger charge is -2.22. The molecule has 6 heteroatoms. The Morgan fingerprint density at radius 2 is 2.00 bits per heavy atom. The molecular weight excluding hydrogens is 332 g/mol. The number of amides is 1. The molecule has 1 aromatic carbocycles. The Bertz CT molecular complexity index is 573. The van der Waals surface area contributed by atoms with Gasteiger partial charge in [0.25, 0.3) is 0 Å². The first-order valence-corrected chi connectivity index (χ1v) is 8.24. The lowest BCUT2D eigenvalue weighted by molar-refractivity contribution is -0.118. The number of rotatable bonds is 8. The van der Waals surface area contributed by atoms with Crippen LogP contribution in [0.2, 0.25) is 0 Å². The average Bonchev–Trinajstić information content (AvgIpc) is 3.06. The Labute approximate surface area is 147 Å². The van der Waals surface area contributed by atoms with Crippen molar-refractivity contribution in [2.24, 2.45) is 0 Å². The van der Waals surface area contributed by atoms with E-state index in [1.54, 1.807) is 18.4 Å². The predicted octanol–water partition coefficient (Wildman–Crippen LogP) is 3.71. The summed E-state index contributed by atoms with van der Waals surface area (Å²) in [6.45, 7) is 1.46. The maximum atomic E-state index is 12.6. The number of halogens is 1. The number of carbonyl (C=O) groups excluding carboxylic acids is 1. The van der Waals surface area contributed by atoms with E-state index in [2.05, 4.69) is 11.4 Å². The summed E-state index contributed by atoms with van der Waals surface area (Å²) in [4.78, 5) is 15.6. The van der Waals surface area contributed by atoms with Gasteiger partial charge in [-0.1, -0.05) is 6.07 Å². The number of hydrogen-bond acceptors (Lipinski definition) is 4. The molecule has 23 heavy (non-hydrogen) atoms. The van der Waals surface area contributed by atoms with Gasteiger partial charge in [0.15, 0.2) is 0 Å². The quantitative estimate of drug-likeness (QED) is 0.735. The Morgan fingerprint density at radius 3 is 2.57 bits per heavy atom. The molecule has 2 aromatic rings. The molecule has 0 aliphatic heterocycles. The van der Waals surface area contributed by atoms with Crippen molar-refractivity contribution in [1.29, 1.82) is 0 Å². The summed E-state index contributed by atoms with van der Waals surface area (Å²) in [5, 5.41) is 5.11. The average molecular weight is 355 g/mol. The van der Waals surface area contributed by atoms with Crippen LogP contribution in [0.1, 0.15) is 17.7 Å². The second kappa shape index (κ2) is 10.3. The van der Waals surface area contributed by atoms with Gasteiger partial charge in [-0.2, -0.15) is 0 Å². The highest BCUT2D eigenvalue weighted by Gasteiger charge is 2.16. The van der Waals surface area contributed by atoms with Crippen molar-refractivity contribution in [3.8, 4) is 5.75 Å². The second-order valence-corrected chi connectivity index (χ2v) is 6.00. The van der Waals surface area contributed by atoms with Crippen LogP contribution in [0.15, 0.2) is 41.8 Å². The highest BCUT2D eigenvalue weighted by Crippen LogP contribution is 2.23. The summed E-state index contributed by atoms with van der Waals surface area (Å²) >= 11 is 1.67. The van der Waals surface area contributed by atoms with Gasteiger partial charge in [0.2, 0.25) is 5.91 Å². The lowest BCUT2D eigenvalue weighted by Crippen LogP contribution is -2.30. The van der Waals surface area contributed by atoms with Gasteiger partial charge in [-0.15, -0.1) is 23.7 Å². The fraction of sp³-hybridized carbons (Fsp3) is 0.353. The number of hydrogen-bond donors (Lipinski definition) is 1. The number of benzene rings is 1. The topological polar surface area (TPSA) is 41.6 Å². The molecular formula is C17H23ClN2O2S. The van der Waals surface area contributed by atoms with Crippen molar-refractivity contribution in [2.45, 2.75) is 19.4 Å². The first-order valence-electron chi connectivity index (χ1n) is 7.36. The van der Waals surface area contributed by atoms with Crippen LogP contribution in [0.5, 0.6) is 5.75 Å². The van der Waals surface area contributed by atoms with Crippen LogP contribution in [0.3, 0.4) is 0 Å². The van der Waals surface area contributed by atoms with Crippen LogP contribution in [-0.2, 0) is 11.3 Å². The van der Waals surface area contributed by atoms with E-state index in [1.807, 2.05) is 47.7 Å². The van der Waals surface area contributed by atoms with Crippen molar-refractivity contribution in [2.75, 3.05) is 25.6 Å². The van der Waals surface area contributed by atoms with Crippen LogP contribution in [0.25, 0.3) is 0 Å². The van der Waals surface area contributed by atoms with E-state index in [0.29, 0.717) is 13.0 Å². The number of nitrogens with zero attached hydrogens (tertiary/aromatic N) is 1. The zero-order valence-corrected chi connectivity index (χ0v) is 15.1. The van der Waals surface area contributed by atoms with Gasteiger partial charge in [-0.05, 0) is 55.7 Å². The van der Waals surface area contributed by atoms with Crippen LogP contribution in [0, 0.1) is 0 Å². The third-order valence-corrected chi connectivity index (χ3v) is 4.26. The van der Waals surface area contributed by atoms with E-state index < -0.39 is 0 Å². The van der Waals surface area contributed by atoms with Gasteiger partial charge < -0.3 is 15.0 Å². The Balaban J connectivity index is 0.00000264. The molecule has 0 aliphatic carbocycles. The van der Waals surface area contributed by atoms with Crippen LogP contribution in [0.4, 0.5) is 5.69 Å². The smallest absolute Gasteiger partial charge is 0.227 e. The normalized spacial score (nSPS) is 10.0. The number of anilines is 1. The number of ether oxygens (including phenoxy) is 1. The molecule has 126 valence electrons. The van der Waals surface area contributed by atoms with Gasteiger partial charge in [-0.3, -0.25) is 4.79 Å². The van der Waals surface area contributed by atoms with E-state index in [-0.39, 0.29) is 18.3 Å². The number of nitrogens with one attached hydrogen (secondary N) is 1. The van der Waals surface area contributed by atoms with E-state index in [1.165, 1.54) is 4.88 Å². The van der Waals surface area contributed by atoms with Crippen molar-refractivity contribution < 1.29 is 9.53 Å². The maximum absolute atomic E-state index is 12.6. The molecule has 0 atom stereocenters. The number of thiophene rings is 1. The monoisotopic (exact) mass is 354 g/mol. The van der Waals surface area contributed by atoms with E-state index in [9.17, 15) is 4.79 Å². The first kappa shape index (κ1) is 19.5. The molecule has 0 saturated heterocycles. The van der Waals surface area contributed by atoms with Crippen LogP contribution in [-0.4, -0.2) is 26.6 Å². The minimum Gasteiger partial charge on any atom is -0.497 e. The summed E-state index contributed by atoms with van der Waals surface area (Å²) in [5.74, 6) is 0.941.